The van der Waals surface area contributed by atoms with Crippen molar-refractivity contribution in [3.05, 3.63) is 29.6 Å². The molecular weight excluding hydrogens is 271 g/mol. The number of ketones is 1. The summed E-state index contributed by atoms with van der Waals surface area (Å²) >= 11 is 0. The van der Waals surface area contributed by atoms with Gasteiger partial charge in [-0.3, -0.25) is 9.69 Å². The van der Waals surface area contributed by atoms with Crippen LogP contribution in [0.2, 0.25) is 0 Å². The average Bonchev–Trinajstić information content (AvgIpc) is 2.48. The number of nitrogens with zero attached hydrogens (tertiary/aromatic N) is 1. The summed E-state index contributed by atoms with van der Waals surface area (Å²) in [6.45, 7) is 7.40. The van der Waals surface area contributed by atoms with Gasteiger partial charge in [-0.15, -0.1) is 0 Å². The highest BCUT2D eigenvalue weighted by Gasteiger charge is 2.34. The van der Waals surface area contributed by atoms with Crippen LogP contribution in [0.4, 0.5) is 4.39 Å². The van der Waals surface area contributed by atoms with E-state index < -0.39 is 11.4 Å². The second-order valence-electron chi connectivity index (χ2n) is 5.86. The van der Waals surface area contributed by atoms with E-state index in [0.29, 0.717) is 5.56 Å². The lowest BCUT2D eigenvalue weighted by Crippen LogP contribution is -2.57. The standard InChI is InChI=1S/C16H23FN2O2/c1-16(2,19-8-6-18-7-9-19)15(20)11-12-4-5-14(21-3)13(17)10-12/h4-5,10,18H,6-9,11H2,1-3H3. The number of benzene rings is 1. The van der Waals surface area contributed by atoms with Crippen molar-refractivity contribution in [1.82, 2.24) is 10.2 Å². The molecule has 5 heteroatoms. The average molecular weight is 294 g/mol. The molecule has 1 fully saturated rings. The van der Waals surface area contributed by atoms with E-state index in [9.17, 15) is 9.18 Å². The minimum atomic E-state index is -0.529. The fourth-order valence-corrected chi connectivity index (χ4v) is 2.62. The summed E-state index contributed by atoms with van der Waals surface area (Å²) in [5, 5.41) is 3.28. The molecule has 2 rings (SSSR count). The number of methoxy groups -OCH3 is 1. The number of carbonyl (C=O) groups is 1. The highest BCUT2D eigenvalue weighted by atomic mass is 19.1. The molecule has 4 nitrogen and oxygen atoms in total. The van der Waals surface area contributed by atoms with Gasteiger partial charge >= 0.3 is 0 Å². The molecule has 0 aliphatic carbocycles. The number of Topliss-reactive ketones (excluding diaryl/α,β-unsaturated/α-hetero) is 1. The molecule has 1 aliphatic heterocycles. The molecule has 1 aromatic carbocycles. The molecule has 0 radical (unpaired) electrons. The van der Waals surface area contributed by atoms with Crippen LogP contribution in [-0.4, -0.2) is 49.5 Å². The van der Waals surface area contributed by atoms with Gasteiger partial charge in [0.05, 0.1) is 12.6 Å². The number of hydrogen-bond donors (Lipinski definition) is 1. The monoisotopic (exact) mass is 294 g/mol. The van der Waals surface area contributed by atoms with Crippen LogP contribution >= 0.6 is 0 Å². The Hall–Kier alpha value is -1.46. The zero-order valence-electron chi connectivity index (χ0n) is 12.9. The topological polar surface area (TPSA) is 41.6 Å². The third-order valence-corrected chi connectivity index (χ3v) is 4.17. The van der Waals surface area contributed by atoms with E-state index in [-0.39, 0.29) is 18.0 Å². The summed E-state index contributed by atoms with van der Waals surface area (Å²) in [4.78, 5) is 14.8. The summed E-state index contributed by atoms with van der Waals surface area (Å²) < 4.78 is 18.6. The fourth-order valence-electron chi connectivity index (χ4n) is 2.62. The lowest BCUT2D eigenvalue weighted by molar-refractivity contribution is -0.129. The minimum Gasteiger partial charge on any atom is -0.494 e. The largest absolute Gasteiger partial charge is 0.494 e. The van der Waals surface area contributed by atoms with Gasteiger partial charge in [0.1, 0.15) is 0 Å². The van der Waals surface area contributed by atoms with E-state index in [0.717, 1.165) is 26.2 Å². The molecule has 0 aromatic heterocycles. The van der Waals surface area contributed by atoms with Crippen molar-refractivity contribution in [2.75, 3.05) is 33.3 Å². The van der Waals surface area contributed by atoms with Gasteiger partial charge in [-0.05, 0) is 31.5 Å². The molecule has 0 unspecified atom stereocenters. The fraction of sp³-hybridized carbons (Fsp3) is 0.562. The number of ether oxygens (including phenoxy) is 1. The first-order valence-corrected chi connectivity index (χ1v) is 7.26. The molecule has 21 heavy (non-hydrogen) atoms. The van der Waals surface area contributed by atoms with Crippen molar-refractivity contribution in [2.45, 2.75) is 25.8 Å². The lowest BCUT2D eigenvalue weighted by Gasteiger charge is -2.40. The third-order valence-electron chi connectivity index (χ3n) is 4.17. The highest BCUT2D eigenvalue weighted by Crippen LogP contribution is 2.22. The van der Waals surface area contributed by atoms with Crippen LogP contribution in [0.25, 0.3) is 0 Å². The molecule has 1 aliphatic rings. The second-order valence-corrected chi connectivity index (χ2v) is 5.86. The van der Waals surface area contributed by atoms with Crippen molar-refractivity contribution in [2.24, 2.45) is 0 Å². The Bertz CT molecular complexity index is 511. The van der Waals surface area contributed by atoms with Gasteiger partial charge in [-0.25, -0.2) is 4.39 Å². The Labute approximate surface area is 125 Å². The SMILES string of the molecule is COc1ccc(CC(=O)C(C)(C)N2CCNCC2)cc1F. The Morgan fingerprint density at radius 1 is 1.38 bits per heavy atom. The number of nitrogens with one attached hydrogen (secondary N) is 1. The van der Waals surface area contributed by atoms with Gasteiger partial charge in [0.25, 0.3) is 0 Å². The lowest BCUT2D eigenvalue weighted by atomic mass is 9.91. The molecule has 0 saturated carbocycles. The second kappa shape index (κ2) is 6.54. The molecular formula is C16H23FN2O2. The summed E-state index contributed by atoms with van der Waals surface area (Å²) in [6, 6.07) is 4.69. The van der Waals surface area contributed by atoms with Crippen LogP contribution in [0.5, 0.6) is 5.75 Å². The van der Waals surface area contributed by atoms with Crippen molar-refractivity contribution < 1.29 is 13.9 Å². The van der Waals surface area contributed by atoms with Crippen LogP contribution in [0.15, 0.2) is 18.2 Å². The summed E-state index contributed by atoms with van der Waals surface area (Å²) in [6.07, 6.45) is 0.234. The van der Waals surface area contributed by atoms with Crippen LogP contribution in [0.3, 0.4) is 0 Å². The Balaban J connectivity index is 2.07. The number of halogens is 1. The number of carbonyl (C=O) groups excluding carboxylic acids is 1. The van der Waals surface area contributed by atoms with Crippen molar-refractivity contribution in [1.29, 1.82) is 0 Å². The van der Waals surface area contributed by atoms with E-state index in [4.69, 9.17) is 4.74 Å². The zero-order chi connectivity index (χ0) is 15.5. The molecule has 0 spiro atoms. The molecule has 116 valence electrons. The molecule has 1 saturated heterocycles. The maximum atomic E-state index is 13.7. The smallest absolute Gasteiger partial charge is 0.165 e. The highest BCUT2D eigenvalue weighted by molar-refractivity contribution is 5.89. The zero-order valence-corrected chi connectivity index (χ0v) is 12.9. The van der Waals surface area contributed by atoms with E-state index in [1.165, 1.54) is 13.2 Å². The Morgan fingerprint density at radius 3 is 2.62 bits per heavy atom. The molecule has 0 bridgehead atoms. The number of rotatable bonds is 5. The summed E-state index contributed by atoms with van der Waals surface area (Å²) in [7, 11) is 1.43. The van der Waals surface area contributed by atoms with Crippen LogP contribution in [-0.2, 0) is 11.2 Å². The van der Waals surface area contributed by atoms with Crippen molar-refractivity contribution in [3.8, 4) is 5.75 Å². The van der Waals surface area contributed by atoms with Gasteiger partial charge in [-0.1, -0.05) is 6.07 Å². The van der Waals surface area contributed by atoms with Crippen molar-refractivity contribution in [3.63, 3.8) is 0 Å². The maximum absolute atomic E-state index is 13.7. The number of piperazine rings is 1. The van der Waals surface area contributed by atoms with Crippen LogP contribution in [0.1, 0.15) is 19.4 Å². The summed E-state index contributed by atoms with van der Waals surface area (Å²) in [5.41, 5.74) is 0.153. The van der Waals surface area contributed by atoms with Crippen LogP contribution in [0, 0.1) is 5.82 Å². The molecule has 1 N–H and O–H groups in total. The van der Waals surface area contributed by atoms with E-state index in [2.05, 4.69) is 10.2 Å². The number of hydrogen-bond acceptors (Lipinski definition) is 4. The van der Waals surface area contributed by atoms with E-state index in [1.54, 1.807) is 12.1 Å². The first-order chi connectivity index (χ1) is 9.95. The maximum Gasteiger partial charge on any atom is 0.165 e. The van der Waals surface area contributed by atoms with E-state index >= 15 is 0 Å². The first kappa shape index (κ1) is 15.9. The van der Waals surface area contributed by atoms with Gasteiger partial charge < -0.3 is 10.1 Å². The van der Waals surface area contributed by atoms with Gasteiger partial charge in [0.2, 0.25) is 0 Å². The molecule has 1 aromatic rings. The van der Waals surface area contributed by atoms with Crippen LogP contribution < -0.4 is 10.1 Å². The first-order valence-electron chi connectivity index (χ1n) is 7.26. The normalized spacial score (nSPS) is 16.8. The Morgan fingerprint density at radius 2 is 2.05 bits per heavy atom. The summed E-state index contributed by atoms with van der Waals surface area (Å²) in [5.74, 6) is -0.121. The minimum absolute atomic E-state index is 0.106. The third kappa shape index (κ3) is 3.60. The van der Waals surface area contributed by atoms with Crippen molar-refractivity contribution >= 4 is 5.78 Å². The van der Waals surface area contributed by atoms with Gasteiger partial charge in [0.15, 0.2) is 17.3 Å². The molecule has 0 amide bonds. The predicted molar refractivity (Wildman–Crippen MR) is 80.2 cm³/mol. The quantitative estimate of drug-likeness (QED) is 0.896. The molecule has 0 atom stereocenters. The predicted octanol–water partition coefficient (Wildman–Crippen LogP) is 1.63. The van der Waals surface area contributed by atoms with Gasteiger partial charge in [0, 0.05) is 32.6 Å². The van der Waals surface area contributed by atoms with E-state index in [1.807, 2.05) is 13.8 Å². The Kier molecular flexibility index (Phi) is 4.96. The molecule has 1 heterocycles. The van der Waals surface area contributed by atoms with Gasteiger partial charge in [-0.2, -0.15) is 0 Å².